The third-order valence-electron chi connectivity index (χ3n) is 5.13. The molecule has 0 radical (unpaired) electrons. The molecular formula is C23H24N2O4S3. The summed E-state index contributed by atoms with van der Waals surface area (Å²) in [7, 11) is -2.59. The zero-order valence-corrected chi connectivity index (χ0v) is 20.3. The maximum atomic E-state index is 11.1. The lowest BCUT2D eigenvalue weighted by atomic mass is 10.3. The average molecular weight is 489 g/mol. The molecule has 3 aromatic rings. The second-order valence-electron chi connectivity index (χ2n) is 7.22. The van der Waals surface area contributed by atoms with E-state index in [9.17, 15) is 13.0 Å². The first-order valence-electron chi connectivity index (χ1n) is 10.3. The molecule has 6 nitrogen and oxygen atoms in total. The number of ether oxygens (including phenoxy) is 1. The van der Waals surface area contributed by atoms with Gasteiger partial charge in [-0.05, 0) is 25.1 Å². The molecule has 0 fully saturated rings. The largest absolute Gasteiger partial charge is 0.748 e. The highest BCUT2D eigenvalue weighted by Gasteiger charge is 2.24. The second kappa shape index (κ2) is 9.66. The molecule has 4 rings (SSSR count). The fourth-order valence-corrected chi connectivity index (χ4v) is 6.46. The first-order valence-corrected chi connectivity index (χ1v) is 13.5. The first-order chi connectivity index (χ1) is 15.4. The van der Waals surface area contributed by atoms with Gasteiger partial charge < -0.3 is 14.2 Å². The number of aryl methyl sites for hydroxylation is 1. The van der Waals surface area contributed by atoms with E-state index in [1.165, 1.54) is 10.6 Å². The lowest BCUT2D eigenvalue weighted by Gasteiger charge is -2.18. The van der Waals surface area contributed by atoms with Gasteiger partial charge in [-0.25, -0.2) is 8.42 Å². The molecule has 0 amide bonds. The summed E-state index contributed by atoms with van der Waals surface area (Å²) in [4.78, 5) is 3.47. The Morgan fingerprint density at radius 1 is 1.19 bits per heavy atom. The summed E-state index contributed by atoms with van der Waals surface area (Å²) in [6.45, 7) is 3.41. The minimum absolute atomic E-state index is 0.260. The quantitative estimate of drug-likeness (QED) is 0.262. The van der Waals surface area contributed by atoms with Crippen molar-refractivity contribution >= 4 is 55.2 Å². The van der Waals surface area contributed by atoms with Crippen molar-refractivity contribution in [2.45, 2.75) is 24.8 Å². The number of anilines is 1. The van der Waals surface area contributed by atoms with Gasteiger partial charge in [0, 0.05) is 35.8 Å². The number of aromatic nitrogens is 1. The molecule has 0 N–H and O–H groups in total. The van der Waals surface area contributed by atoms with Crippen molar-refractivity contribution in [1.29, 1.82) is 0 Å². The molecule has 0 spiro atoms. The van der Waals surface area contributed by atoms with Crippen LogP contribution >= 0.6 is 23.1 Å². The van der Waals surface area contributed by atoms with E-state index in [4.69, 9.17) is 4.74 Å². The summed E-state index contributed by atoms with van der Waals surface area (Å²) in [5, 5.41) is 2.03. The van der Waals surface area contributed by atoms with Crippen molar-refractivity contribution in [3.05, 3.63) is 70.4 Å². The maximum absolute atomic E-state index is 11.1. The molecule has 0 saturated heterocycles. The minimum atomic E-state index is -4.24. The van der Waals surface area contributed by atoms with Crippen LogP contribution in [0, 0.1) is 0 Å². The monoisotopic (exact) mass is 488 g/mol. The lowest BCUT2D eigenvalue weighted by molar-refractivity contribution is -0.668. The van der Waals surface area contributed by atoms with Crippen LogP contribution in [0.2, 0.25) is 0 Å². The van der Waals surface area contributed by atoms with Gasteiger partial charge >= 0.3 is 0 Å². The van der Waals surface area contributed by atoms with Gasteiger partial charge in [0.05, 0.1) is 34.0 Å². The zero-order chi connectivity index (χ0) is 22.7. The molecular weight excluding hydrogens is 464 g/mol. The van der Waals surface area contributed by atoms with Crippen LogP contribution < -0.4 is 9.47 Å². The maximum Gasteiger partial charge on any atom is 0.266 e. The van der Waals surface area contributed by atoms with Gasteiger partial charge in [0.15, 0.2) is 6.54 Å². The van der Waals surface area contributed by atoms with Gasteiger partial charge in [-0.3, -0.25) is 0 Å². The van der Waals surface area contributed by atoms with Gasteiger partial charge in [-0.15, -0.1) is 0 Å². The topological polar surface area (TPSA) is 73.6 Å². The van der Waals surface area contributed by atoms with Crippen LogP contribution in [0.25, 0.3) is 16.3 Å². The van der Waals surface area contributed by atoms with Gasteiger partial charge in [-0.1, -0.05) is 47.4 Å². The van der Waals surface area contributed by atoms with Crippen molar-refractivity contribution in [1.82, 2.24) is 0 Å². The van der Waals surface area contributed by atoms with Gasteiger partial charge in [-0.2, -0.15) is 4.57 Å². The standard InChI is InChI=1S/C23H24N2O4S3/c1-3-24-18-9-4-6-11-20(18)30-22(24)15-17(29-2)16-23-25(13-8-14-32(26,27)28)19-10-5-7-12-21(19)31-23/h4-7,9-12,15-16H,3,8,13-14H2,1-2H3. The minimum Gasteiger partial charge on any atom is -0.748 e. The second-order valence-corrected chi connectivity index (χ2v) is 10.9. The smallest absolute Gasteiger partial charge is 0.266 e. The number of thioether (sulfide) groups is 1. The summed E-state index contributed by atoms with van der Waals surface area (Å²) in [5.41, 5.74) is 2.20. The Hall–Kier alpha value is -2.33. The highest BCUT2D eigenvalue weighted by atomic mass is 32.2. The third-order valence-corrected chi connectivity index (χ3v) is 8.15. The van der Waals surface area contributed by atoms with Crippen molar-refractivity contribution in [2.24, 2.45) is 0 Å². The van der Waals surface area contributed by atoms with Crippen LogP contribution in [0.3, 0.4) is 0 Å². The van der Waals surface area contributed by atoms with Crippen LogP contribution in [0.1, 0.15) is 18.4 Å². The van der Waals surface area contributed by atoms with E-state index >= 15 is 0 Å². The number of benzene rings is 2. The van der Waals surface area contributed by atoms with E-state index in [0.717, 1.165) is 26.8 Å². The van der Waals surface area contributed by atoms with E-state index in [2.05, 4.69) is 28.5 Å². The van der Waals surface area contributed by atoms with Crippen molar-refractivity contribution in [3.63, 3.8) is 0 Å². The molecule has 168 valence electrons. The molecule has 1 aliphatic rings. The van der Waals surface area contributed by atoms with Crippen LogP contribution in [0.5, 0.6) is 0 Å². The van der Waals surface area contributed by atoms with Gasteiger partial charge in [0.25, 0.3) is 5.01 Å². The Morgan fingerprint density at radius 2 is 1.94 bits per heavy atom. The predicted octanol–water partition coefficient (Wildman–Crippen LogP) is 4.59. The third kappa shape index (κ3) is 5.01. The Morgan fingerprint density at radius 3 is 2.69 bits per heavy atom. The van der Waals surface area contributed by atoms with Crippen LogP contribution in [-0.2, 0) is 21.4 Å². The number of methoxy groups -OCH3 is 1. The lowest BCUT2D eigenvalue weighted by Crippen LogP contribution is -2.36. The molecule has 9 heteroatoms. The molecule has 2 aromatic carbocycles. The first kappa shape index (κ1) is 22.8. The van der Waals surface area contributed by atoms with Crippen LogP contribution in [0.15, 0.2) is 70.3 Å². The predicted molar refractivity (Wildman–Crippen MR) is 130 cm³/mol. The van der Waals surface area contributed by atoms with Crippen LogP contribution in [0.4, 0.5) is 5.69 Å². The van der Waals surface area contributed by atoms with E-state index in [0.29, 0.717) is 12.3 Å². The average Bonchev–Trinajstić information content (AvgIpc) is 3.29. The van der Waals surface area contributed by atoms with E-state index in [-0.39, 0.29) is 12.2 Å². The van der Waals surface area contributed by atoms with Crippen molar-refractivity contribution in [3.8, 4) is 0 Å². The van der Waals surface area contributed by atoms with E-state index in [1.54, 1.807) is 30.2 Å². The van der Waals surface area contributed by atoms with Crippen molar-refractivity contribution < 1.29 is 22.3 Å². The Labute approximate surface area is 196 Å². The molecule has 2 heterocycles. The van der Waals surface area contributed by atoms with Gasteiger partial charge in [0.2, 0.25) is 5.52 Å². The number of hydrogen-bond donors (Lipinski definition) is 0. The molecule has 0 atom stereocenters. The number of hydrogen-bond acceptors (Lipinski definition) is 7. The summed E-state index contributed by atoms with van der Waals surface area (Å²) >= 11 is 3.32. The van der Waals surface area contributed by atoms with E-state index < -0.39 is 10.1 Å². The van der Waals surface area contributed by atoms with Crippen molar-refractivity contribution in [2.75, 3.05) is 24.3 Å². The highest BCUT2D eigenvalue weighted by Crippen LogP contribution is 2.46. The van der Waals surface area contributed by atoms with E-state index in [1.807, 2.05) is 48.6 Å². The number of nitrogens with zero attached hydrogens (tertiary/aromatic N) is 2. The molecule has 1 aromatic heterocycles. The SMILES string of the molecule is CCN1C(=CC(=Cc2sc3ccccc3[n+]2CCCS(=O)(=O)[O-])OC)Sc2ccccc21. The summed E-state index contributed by atoms with van der Waals surface area (Å²) in [6.07, 6.45) is 4.27. The number of allylic oxidation sites excluding steroid dienone is 1. The highest BCUT2D eigenvalue weighted by molar-refractivity contribution is 8.03. The Balaban J connectivity index is 1.69. The van der Waals surface area contributed by atoms with Crippen LogP contribution in [-0.4, -0.2) is 32.4 Å². The normalized spacial score (nSPS) is 15.5. The molecule has 1 aliphatic heterocycles. The molecule has 0 unspecified atom stereocenters. The fourth-order valence-electron chi connectivity index (χ4n) is 3.68. The Bertz CT molecular complexity index is 1300. The van der Waals surface area contributed by atoms with Gasteiger partial charge in [0.1, 0.15) is 10.5 Å². The molecule has 0 saturated carbocycles. The number of rotatable bonds is 8. The summed E-state index contributed by atoms with van der Waals surface area (Å²) < 4.78 is 42.1. The molecule has 32 heavy (non-hydrogen) atoms. The summed E-state index contributed by atoms with van der Waals surface area (Å²) in [5.74, 6) is 0.324. The Kier molecular flexibility index (Phi) is 6.90. The molecule has 0 aliphatic carbocycles. The number of fused-ring (bicyclic) bond motifs is 2. The molecule has 0 bridgehead atoms. The zero-order valence-electron chi connectivity index (χ0n) is 17.9. The summed E-state index contributed by atoms with van der Waals surface area (Å²) in [6, 6.07) is 16.3. The number of para-hydroxylation sites is 2. The fraction of sp³-hybridized carbons (Fsp3) is 0.261. The number of thiazole rings is 1.